The number of rotatable bonds is 3. The molecule has 1 aliphatic heterocycles. The van der Waals surface area contributed by atoms with E-state index in [0.29, 0.717) is 31.9 Å². The first-order valence-corrected chi connectivity index (χ1v) is 5.84. The van der Waals surface area contributed by atoms with Crippen LogP contribution in [0.4, 0.5) is 0 Å². The molecule has 0 radical (unpaired) electrons. The Balaban J connectivity index is 1.75. The number of fused-ring (bicyclic) bond motifs is 1. The Morgan fingerprint density at radius 1 is 1.44 bits per heavy atom. The zero-order valence-electron chi connectivity index (χ0n) is 9.77. The van der Waals surface area contributed by atoms with Crippen LogP contribution < -0.4 is 5.69 Å². The molecule has 2 aromatic heterocycles. The number of β-amino-alcohol motifs (C(OH)–C–C–N with tert-alkyl or cyclic N) is 1. The van der Waals surface area contributed by atoms with E-state index in [-0.39, 0.29) is 5.69 Å². The second kappa shape index (κ2) is 4.52. The van der Waals surface area contributed by atoms with Crippen molar-refractivity contribution in [3.05, 3.63) is 34.9 Å². The van der Waals surface area contributed by atoms with Gasteiger partial charge in [-0.15, -0.1) is 5.10 Å². The highest BCUT2D eigenvalue weighted by Gasteiger charge is 2.21. The Morgan fingerprint density at radius 3 is 3.06 bits per heavy atom. The van der Waals surface area contributed by atoms with Gasteiger partial charge >= 0.3 is 5.69 Å². The molecule has 1 unspecified atom stereocenters. The van der Waals surface area contributed by atoms with Crippen LogP contribution in [-0.2, 0) is 11.4 Å². The third kappa shape index (κ3) is 2.03. The number of aromatic nitrogens is 3. The van der Waals surface area contributed by atoms with Gasteiger partial charge in [0, 0.05) is 12.7 Å². The summed E-state index contributed by atoms with van der Waals surface area (Å²) in [6.07, 6.45) is 1.25. The second-order valence-corrected chi connectivity index (χ2v) is 4.27. The zero-order chi connectivity index (χ0) is 12.5. The predicted molar refractivity (Wildman–Crippen MR) is 63.0 cm³/mol. The van der Waals surface area contributed by atoms with Crippen molar-refractivity contribution in [2.24, 2.45) is 0 Å². The molecule has 0 bridgehead atoms. The number of hydrogen-bond acceptors (Lipinski definition) is 5. The Morgan fingerprint density at radius 2 is 2.33 bits per heavy atom. The van der Waals surface area contributed by atoms with Crippen LogP contribution in [0.1, 0.15) is 0 Å². The maximum atomic E-state index is 12.0. The molecule has 7 heteroatoms. The van der Waals surface area contributed by atoms with Crippen molar-refractivity contribution in [3.63, 3.8) is 0 Å². The summed E-state index contributed by atoms with van der Waals surface area (Å²) in [4.78, 5) is 17.2. The fraction of sp³-hybridized carbons (Fsp3) is 0.455. The summed E-state index contributed by atoms with van der Waals surface area (Å²) in [6.45, 7) is 1.76. The van der Waals surface area contributed by atoms with Gasteiger partial charge in [-0.05, 0) is 12.1 Å². The minimum atomic E-state index is -0.442. The summed E-state index contributed by atoms with van der Waals surface area (Å²) in [7, 11) is 0. The molecular weight excluding hydrogens is 236 g/mol. The summed E-state index contributed by atoms with van der Waals surface area (Å²) < 4.78 is 2.91. The van der Waals surface area contributed by atoms with Crippen molar-refractivity contribution >= 4 is 5.65 Å². The third-order valence-electron chi connectivity index (χ3n) is 2.91. The minimum Gasteiger partial charge on any atom is -0.389 e. The standard InChI is InChI=1S/C11H14N4O3/c16-9-7-13(18-8-9)5-6-15-11(17)14-4-2-1-3-10(14)12-15/h1-4,9,16H,5-8H2. The maximum Gasteiger partial charge on any atom is 0.350 e. The van der Waals surface area contributed by atoms with Crippen molar-refractivity contribution in [2.45, 2.75) is 12.6 Å². The topological polar surface area (TPSA) is 72.0 Å². The average Bonchev–Trinajstić information content (AvgIpc) is 2.92. The van der Waals surface area contributed by atoms with E-state index in [0.717, 1.165) is 0 Å². The molecule has 0 saturated carbocycles. The van der Waals surface area contributed by atoms with Gasteiger partial charge in [-0.3, -0.25) is 9.24 Å². The molecule has 18 heavy (non-hydrogen) atoms. The lowest BCUT2D eigenvalue weighted by molar-refractivity contribution is -0.112. The molecule has 1 saturated heterocycles. The van der Waals surface area contributed by atoms with Gasteiger partial charge in [0.05, 0.1) is 25.8 Å². The molecule has 1 N–H and O–H groups in total. The molecule has 1 aliphatic rings. The van der Waals surface area contributed by atoms with Crippen molar-refractivity contribution < 1.29 is 9.94 Å². The Hall–Kier alpha value is -1.70. The van der Waals surface area contributed by atoms with Crippen LogP contribution in [0.15, 0.2) is 29.2 Å². The molecule has 0 aromatic carbocycles. The quantitative estimate of drug-likeness (QED) is 0.764. The number of hydrogen-bond donors (Lipinski definition) is 1. The molecule has 7 nitrogen and oxygen atoms in total. The van der Waals surface area contributed by atoms with E-state index in [4.69, 9.17) is 4.84 Å². The molecule has 1 atom stereocenters. The Labute approximate surface area is 103 Å². The highest BCUT2D eigenvalue weighted by molar-refractivity contribution is 5.35. The molecule has 3 heterocycles. The first-order chi connectivity index (χ1) is 8.74. The van der Waals surface area contributed by atoms with E-state index in [1.807, 2.05) is 6.07 Å². The van der Waals surface area contributed by atoms with E-state index in [1.54, 1.807) is 23.4 Å². The van der Waals surface area contributed by atoms with Crippen molar-refractivity contribution in [3.8, 4) is 0 Å². The zero-order valence-corrected chi connectivity index (χ0v) is 9.77. The summed E-state index contributed by atoms with van der Waals surface area (Å²) in [5, 5.41) is 15.2. The molecule has 2 aromatic rings. The van der Waals surface area contributed by atoms with Gasteiger partial charge in [-0.25, -0.2) is 9.48 Å². The number of hydroxylamine groups is 2. The van der Waals surface area contributed by atoms with E-state index in [2.05, 4.69) is 5.10 Å². The normalized spacial score (nSPS) is 20.8. The highest BCUT2D eigenvalue weighted by Crippen LogP contribution is 2.04. The lowest BCUT2D eigenvalue weighted by Gasteiger charge is -2.12. The average molecular weight is 250 g/mol. The molecular formula is C11H14N4O3. The molecule has 3 rings (SSSR count). The SMILES string of the molecule is O=c1n(CCN2CC(O)CO2)nc2ccccn12. The van der Waals surface area contributed by atoms with Crippen LogP contribution in [-0.4, -0.2) is 50.2 Å². The maximum absolute atomic E-state index is 12.0. The molecule has 0 aliphatic carbocycles. The summed E-state index contributed by atoms with van der Waals surface area (Å²) >= 11 is 0. The summed E-state index contributed by atoms with van der Waals surface area (Å²) in [5.74, 6) is 0. The van der Waals surface area contributed by atoms with Crippen molar-refractivity contribution in [1.82, 2.24) is 19.2 Å². The predicted octanol–water partition coefficient (Wildman–Crippen LogP) is -0.896. The van der Waals surface area contributed by atoms with Gasteiger partial charge < -0.3 is 5.11 Å². The number of nitrogens with zero attached hydrogens (tertiary/aromatic N) is 4. The van der Waals surface area contributed by atoms with Crippen LogP contribution >= 0.6 is 0 Å². The van der Waals surface area contributed by atoms with Gasteiger partial charge in [0.1, 0.15) is 0 Å². The van der Waals surface area contributed by atoms with Crippen LogP contribution in [0, 0.1) is 0 Å². The number of pyridine rings is 1. The third-order valence-corrected chi connectivity index (χ3v) is 2.91. The van der Waals surface area contributed by atoms with Gasteiger partial charge in [-0.2, -0.15) is 5.06 Å². The van der Waals surface area contributed by atoms with Crippen LogP contribution in [0.5, 0.6) is 0 Å². The van der Waals surface area contributed by atoms with E-state index >= 15 is 0 Å². The number of aliphatic hydroxyl groups is 1. The van der Waals surface area contributed by atoms with Crippen LogP contribution in [0.25, 0.3) is 5.65 Å². The molecule has 0 spiro atoms. The highest BCUT2D eigenvalue weighted by atomic mass is 16.7. The largest absolute Gasteiger partial charge is 0.389 e. The molecule has 0 amide bonds. The van der Waals surface area contributed by atoms with Gasteiger partial charge in [0.25, 0.3) is 0 Å². The number of aliphatic hydroxyl groups excluding tert-OH is 1. The van der Waals surface area contributed by atoms with Crippen LogP contribution in [0.2, 0.25) is 0 Å². The van der Waals surface area contributed by atoms with Crippen molar-refractivity contribution in [2.75, 3.05) is 19.7 Å². The Kier molecular flexibility index (Phi) is 2.86. The van der Waals surface area contributed by atoms with E-state index < -0.39 is 6.10 Å². The van der Waals surface area contributed by atoms with E-state index in [9.17, 15) is 9.90 Å². The Bertz CT molecular complexity index is 606. The first kappa shape index (κ1) is 11.4. The van der Waals surface area contributed by atoms with Gasteiger partial charge in [0.15, 0.2) is 5.65 Å². The molecule has 1 fully saturated rings. The fourth-order valence-electron chi connectivity index (χ4n) is 2.01. The summed E-state index contributed by atoms with van der Waals surface area (Å²) in [5.41, 5.74) is 0.468. The lowest BCUT2D eigenvalue weighted by atomic mass is 10.4. The smallest absolute Gasteiger partial charge is 0.350 e. The monoisotopic (exact) mass is 250 g/mol. The van der Waals surface area contributed by atoms with Gasteiger partial charge in [0.2, 0.25) is 0 Å². The first-order valence-electron chi connectivity index (χ1n) is 5.84. The second-order valence-electron chi connectivity index (χ2n) is 4.27. The lowest BCUT2D eigenvalue weighted by Crippen LogP contribution is -2.30. The van der Waals surface area contributed by atoms with Crippen molar-refractivity contribution in [1.29, 1.82) is 0 Å². The fourth-order valence-corrected chi connectivity index (χ4v) is 2.01. The van der Waals surface area contributed by atoms with E-state index in [1.165, 1.54) is 9.08 Å². The van der Waals surface area contributed by atoms with Gasteiger partial charge in [-0.1, -0.05) is 6.07 Å². The molecule has 96 valence electrons. The minimum absolute atomic E-state index is 0.162. The van der Waals surface area contributed by atoms with Crippen LogP contribution in [0.3, 0.4) is 0 Å². The summed E-state index contributed by atoms with van der Waals surface area (Å²) in [6, 6.07) is 5.42.